The highest BCUT2D eigenvalue weighted by atomic mass is 32.1. The maximum Gasteiger partial charge on any atom is 0.0300 e. The molecule has 2 heterocycles. The Morgan fingerprint density at radius 1 is 1.28 bits per heavy atom. The summed E-state index contributed by atoms with van der Waals surface area (Å²) in [6.07, 6.45) is 7.11. The predicted molar refractivity (Wildman–Crippen MR) is 78.0 cm³/mol. The van der Waals surface area contributed by atoms with E-state index in [9.17, 15) is 0 Å². The molecule has 1 unspecified atom stereocenters. The Labute approximate surface area is 113 Å². The van der Waals surface area contributed by atoms with Crippen LogP contribution in [0.4, 0.5) is 0 Å². The van der Waals surface area contributed by atoms with Crippen LogP contribution in [0.1, 0.15) is 24.5 Å². The van der Waals surface area contributed by atoms with Crippen molar-refractivity contribution in [2.45, 2.75) is 32.2 Å². The molecule has 0 aliphatic heterocycles. The van der Waals surface area contributed by atoms with Gasteiger partial charge in [-0.25, -0.2) is 0 Å². The zero-order valence-corrected chi connectivity index (χ0v) is 11.6. The number of rotatable bonds is 7. The molecule has 2 rings (SSSR count). The Hall–Kier alpha value is -1.19. The van der Waals surface area contributed by atoms with Gasteiger partial charge in [-0.2, -0.15) is 11.3 Å². The highest BCUT2D eigenvalue weighted by Crippen LogP contribution is 2.11. The third kappa shape index (κ3) is 4.24. The predicted octanol–water partition coefficient (Wildman–Crippen LogP) is 3.30. The highest BCUT2D eigenvalue weighted by Gasteiger charge is 2.10. The molecule has 96 valence electrons. The molecule has 1 atom stereocenters. The summed E-state index contributed by atoms with van der Waals surface area (Å²) >= 11 is 1.77. The quantitative estimate of drug-likeness (QED) is 0.826. The first kappa shape index (κ1) is 13.2. The number of nitrogens with one attached hydrogen (secondary N) is 1. The zero-order chi connectivity index (χ0) is 12.6. The van der Waals surface area contributed by atoms with Crippen LogP contribution >= 0.6 is 11.3 Å². The second-order valence-corrected chi connectivity index (χ2v) is 5.33. The Morgan fingerprint density at radius 2 is 2.17 bits per heavy atom. The van der Waals surface area contributed by atoms with Crippen molar-refractivity contribution in [1.82, 2.24) is 10.3 Å². The number of thiophene rings is 1. The third-order valence-corrected chi connectivity index (χ3v) is 3.68. The molecule has 0 radical (unpaired) electrons. The van der Waals surface area contributed by atoms with Gasteiger partial charge in [0.05, 0.1) is 0 Å². The summed E-state index contributed by atoms with van der Waals surface area (Å²) in [7, 11) is 0. The van der Waals surface area contributed by atoms with Crippen molar-refractivity contribution in [2.24, 2.45) is 0 Å². The van der Waals surface area contributed by atoms with Gasteiger partial charge in [0, 0.05) is 18.4 Å². The minimum atomic E-state index is 0.503. The number of hydrogen-bond acceptors (Lipinski definition) is 3. The van der Waals surface area contributed by atoms with E-state index in [1.807, 2.05) is 18.5 Å². The summed E-state index contributed by atoms with van der Waals surface area (Å²) < 4.78 is 0. The Kier molecular flexibility index (Phi) is 5.36. The fourth-order valence-electron chi connectivity index (χ4n) is 2.06. The van der Waals surface area contributed by atoms with E-state index in [1.54, 1.807) is 11.3 Å². The maximum atomic E-state index is 4.19. The summed E-state index contributed by atoms with van der Waals surface area (Å²) in [5, 5.41) is 8.02. The SMILES string of the molecule is CCCNC(Cc1cccnc1)Cc1ccsc1. The number of nitrogens with zero attached hydrogens (tertiary/aromatic N) is 1. The lowest BCUT2D eigenvalue weighted by atomic mass is 10.0. The topological polar surface area (TPSA) is 24.9 Å². The summed E-state index contributed by atoms with van der Waals surface area (Å²) in [5.41, 5.74) is 2.74. The van der Waals surface area contributed by atoms with Crippen molar-refractivity contribution in [3.05, 3.63) is 52.5 Å². The maximum absolute atomic E-state index is 4.19. The fourth-order valence-corrected chi connectivity index (χ4v) is 2.74. The molecule has 2 aromatic heterocycles. The standard InChI is InChI=1S/C15H20N2S/c1-2-6-17-15(10-14-5-8-18-12-14)9-13-4-3-7-16-11-13/h3-5,7-8,11-12,15,17H,2,6,9-10H2,1H3. The fraction of sp³-hybridized carbons (Fsp3) is 0.400. The summed E-state index contributed by atoms with van der Waals surface area (Å²) in [4.78, 5) is 4.19. The molecule has 0 bridgehead atoms. The van der Waals surface area contributed by atoms with E-state index < -0.39 is 0 Å². The zero-order valence-electron chi connectivity index (χ0n) is 10.8. The Morgan fingerprint density at radius 3 is 2.83 bits per heavy atom. The molecule has 1 N–H and O–H groups in total. The van der Waals surface area contributed by atoms with Crippen molar-refractivity contribution in [3.8, 4) is 0 Å². The lowest BCUT2D eigenvalue weighted by Crippen LogP contribution is -2.33. The number of aromatic nitrogens is 1. The van der Waals surface area contributed by atoms with Gasteiger partial charge >= 0.3 is 0 Å². The second-order valence-electron chi connectivity index (χ2n) is 4.55. The molecule has 18 heavy (non-hydrogen) atoms. The molecular weight excluding hydrogens is 240 g/mol. The molecule has 0 saturated carbocycles. The minimum Gasteiger partial charge on any atom is -0.313 e. The second kappa shape index (κ2) is 7.29. The van der Waals surface area contributed by atoms with Gasteiger partial charge in [0.15, 0.2) is 0 Å². The lowest BCUT2D eigenvalue weighted by molar-refractivity contribution is 0.505. The van der Waals surface area contributed by atoms with Gasteiger partial charge < -0.3 is 5.32 Å². The van der Waals surface area contributed by atoms with E-state index in [2.05, 4.69) is 40.1 Å². The Bertz CT molecular complexity index is 425. The molecule has 0 saturated heterocycles. The average molecular weight is 260 g/mol. The smallest absolute Gasteiger partial charge is 0.0300 e. The molecule has 0 aliphatic carbocycles. The Balaban J connectivity index is 1.96. The van der Waals surface area contributed by atoms with Gasteiger partial charge in [-0.15, -0.1) is 0 Å². The largest absolute Gasteiger partial charge is 0.313 e. The molecule has 0 fully saturated rings. The van der Waals surface area contributed by atoms with Crippen molar-refractivity contribution < 1.29 is 0 Å². The van der Waals surface area contributed by atoms with E-state index in [1.165, 1.54) is 17.5 Å². The van der Waals surface area contributed by atoms with Gasteiger partial charge in [-0.05, 0) is 59.8 Å². The molecule has 0 aromatic carbocycles. The van der Waals surface area contributed by atoms with Crippen LogP contribution in [-0.2, 0) is 12.8 Å². The minimum absolute atomic E-state index is 0.503. The molecule has 2 aromatic rings. The molecule has 0 aliphatic rings. The van der Waals surface area contributed by atoms with E-state index in [4.69, 9.17) is 0 Å². The molecule has 2 nitrogen and oxygen atoms in total. The first-order chi connectivity index (χ1) is 8.88. The van der Waals surface area contributed by atoms with Crippen LogP contribution in [-0.4, -0.2) is 17.6 Å². The van der Waals surface area contributed by atoms with Crippen LogP contribution < -0.4 is 5.32 Å². The van der Waals surface area contributed by atoms with E-state index in [0.717, 1.165) is 19.4 Å². The van der Waals surface area contributed by atoms with Gasteiger partial charge in [0.2, 0.25) is 0 Å². The van der Waals surface area contributed by atoms with Gasteiger partial charge in [-0.1, -0.05) is 13.0 Å². The van der Waals surface area contributed by atoms with E-state index >= 15 is 0 Å². The van der Waals surface area contributed by atoms with E-state index in [0.29, 0.717) is 6.04 Å². The van der Waals surface area contributed by atoms with Crippen molar-refractivity contribution >= 4 is 11.3 Å². The normalized spacial score (nSPS) is 12.5. The van der Waals surface area contributed by atoms with Crippen LogP contribution in [0.3, 0.4) is 0 Å². The summed E-state index contributed by atoms with van der Waals surface area (Å²) in [6.45, 7) is 3.29. The summed E-state index contributed by atoms with van der Waals surface area (Å²) in [5.74, 6) is 0. The van der Waals surface area contributed by atoms with Gasteiger partial charge in [-0.3, -0.25) is 4.98 Å². The first-order valence-corrected chi connectivity index (χ1v) is 7.46. The monoisotopic (exact) mass is 260 g/mol. The van der Waals surface area contributed by atoms with Gasteiger partial charge in [0.1, 0.15) is 0 Å². The number of pyridine rings is 1. The third-order valence-electron chi connectivity index (χ3n) is 2.95. The number of hydrogen-bond donors (Lipinski definition) is 1. The van der Waals surface area contributed by atoms with Crippen LogP contribution in [0.25, 0.3) is 0 Å². The molecule has 3 heteroatoms. The van der Waals surface area contributed by atoms with Crippen molar-refractivity contribution in [1.29, 1.82) is 0 Å². The first-order valence-electron chi connectivity index (χ1n) is 6.52. The summed E-state index contributed by atoms with van der Waals surface area (Å²) in [6, 6.07) is 6.89. The molecule has 0 amide bonds. The van der Waals surface area contributed by atoms with Crippen LogP contribution in [0.15, 0.2) is 41.4 Å². The van der Waals surface area contributed by atoms with Crippen molar-refractivity contribution in [3.63, 3.8) is 0 Å². The highest BCUT2D eigenvalue weighted by molar-refractivity contribution is 7.07. The van der Waals surface area contributed by atoms with Crippen LogP contribution in [0, 0.1) is 0 Å². The van der Waals surface area contributed by atoms with Crippen molar-refractivity contribution in [2.75, 3.05) is 6.54 Å². The van der Waals surface area contributed by atoms with E-state index in [-0.39, 0.29) is 0 Å². The van der Waals surface area contributed by atoms with Crippen LogP contribution in [0.2, 0.25) is 0 Å². The van der Waals surface area contributed by atoms with Crippen LogP contribution in [0.5, 0.6) is 0 Å². The van der Waals surface area contributed by atoms with Gasteiger partial charge in [0.25, 0.3) is 0 Å². The average Bonchev–Trinajstić information content (AvgIpc) is 2.90. The molecule has 0 spiro atoms. The molecular formula is C15H20N2S. The lowest BCUT2D eigenvalue weighted by Gasteiger charge is -2.18.